The summed E-state index contributed by atoms with van der Waals surface area (Å²) in [6.07, 6.45) is 7.01. The smallest absolute Gasteiger partial charge is 0.253 e. The number of ether oxygens (including phenoxy) is 1. The molecule has 0 bridgehead atoms. The molecule has 37 heavy (non-hydrogen) atoms. The number of aromatic nitrogens is 1. The SMILES string of the molecule is C#CCCN1CCN(C(=O)c2ccc(-c3cnc(N)c(OC(C)c4c(Cl)ccc(F)c4Cl)c3)cc2)CC1. The van der Waals surface area contributed by atoms with Crippen LogP contribution in [0.15, 0.2) is 48.7 Å². The first kappa shape index (κ1) is 26.7. The molecule has 1 aliphatic rings. The number of hydrogen-bond donors (Lipinski definition) is 1. The van der Waals surface area contributed by atoms with E-state index in [-0.39, 0.29) is 21.8 Å². The fraction of sp³-hybridized carbons (Fsp3) is 0.286. The molecule has 1 saturated heterocycles. The van der Waals surface area contributed by atoms with Gasteiger partial charge >= 0.3 is 0 Å². The number of piperazine rings is 1. The Labute approximate surface area is 226 Å². The first-order valence-corrected chi connectivity index (χ1v) is 12.6. The molecule has 1 atom stereocenters. The van der Waals surface area contributed by atoms with Crippen LogP contribution in [0.3, 0.4) is 0 Å². The van der Waals surface area contributed by atoms with Crippen LogP contribution in [0.2, 0.25) is 10.0 Å². The van der Waals surface area contributed by atoms with Crippen molar-refractivity contribution in [3.8, 4) is 29.2 Å². The van der Waals surface area contributed by atoms with Crippen molar-refractivity contribution in [3.05, 3.63) is 75.7 Å². The Kier molecular flexibility index (Phi) is 8.55. The molecule has 6 nitrogen and oxygen atoms in total. The number of benzene rings is 2. The van der Waals surface area contributed by atoms with Gasteiger partial charge in [0.15, 0.2) is 11.6 Å². The van der Waals surface area contributed by atoms with Gasteiger partial charge in [-0.1, -0.05) is 35.3 Å². The summed E-state index contributed by atoms with van der Waals surface area (Å²) in [6.45, 7) is 5.53. The van der Waals surface area contributed by atoms with Crippen LogP contribution < -0.4 is 10.5 Å². The predicted molar refractivity (Wildman–Crippen MR) is 145 cm³/mol. The molecular formula is C28H27Cl2FN4O2. The first-order chi connectivity index (χ1) is 17.8. The topological polar surface area (TPSA) is 71.7 Å². The number of anilines is 1. The molecule has 1 fully saturated rings. The minimum absolute atomic E-state index is 0.000258. The van der Waals surface area contributed by atoms with Gasteiger partial charge in [0.2, 0.25) is 0 Å². The number of carbonyl (C=O) groups is 1. The van der Waals surface area contributed by atoms with Gasteiger partial charge in [-0.15, -0.1) is 12.3 Å². The molecule has 4 rings (SSSR count). The van der Waals surface area contributed by atoms with E-state index in [2.05, 4.69) is 15.8 Å². The second kappa shape index (κ2) is 11.8. The van der Waals surface area contributed by atoms with Crippen LogP contribution in [0.4, 0.5) is 10.2 Å². The summed E-state index contributed by atoms with van der Waals surface area (Å²) in [5.41, 5.74) is 8.57. The highest BCUT2D eigenvalue weighted by atomic mass is 35.5. The van der Waals surface area contributed by atoms with Gasteiger partial charge in [0.1, 0.15) is 11.9 Å². The van der Waals surface area contributed by atoms with Gasteiger partial charge in [-0.25, -0.2) is 9.37 Å². The van der Waals surface area contributed by atoms with Crippen LogP contribution in [0.5, 0.6) is 5.75 Å². The Morgan fingerprint density at radius 3 is 2.54 bits per heavy atom. The summed E-state index contributed by atoms with van der Waals surface area (Å²) >= 11 is 12.4. The number of rotatable bonds is 7. The summed E-state index contributed by atoms with van der Waals surface area (Å²) in [6, 6.07) is 11.7. The van der Waals surface area contributed by atoms with Gasteiger partial charge in [-0.3, -0.25) is 9.69 Å². The van der Waals surface area contributed by atoms with E-state index in [0.717, 1.165) is 30.8 Å². The molecule has 1 unspecified atom stereocenters. The Morgan fingerprint density at radius 1 is 1.16 bits per heavy atom. The summed E-state index contributed by atoms with van der Waals surface area (Å²) < 4.78 is 20.0. The van der Waals surface area contributed by atoms with E-state index in [1.165, 1.54) is 12.1 Å². The second-order valence-corrected chi connectivity index (χ2v) is 9.57. The van der Waals surface area contributed by atoms with Crippen LogP contribution in [0.1, 0.15) is 35.4 Å². The van der Waals surface area contributed by atoms with Crippen molar-refractivity contribution >= 4 is 34.9 Å². The maximum Gasteiger partial charge on any atom is 0.253 e. The zero-order valence-electron chi connectivity index (χ0n) is 20.4. The number of halogens is 3. The van der Waals surface area contributed by atoms with E-state index >= 15 is 0 Å². The molecule has 0 spiro atoms. The quantitative estimate of drug-likeness (QED) is 0.307. The number of nitrogens with two attached hydrogens (primary N) is 1. The Hall–Kier alpha value is -3.31. The summed E-state index contributed by atoms with van der Waals surface area (Å²) in [5, 5.41) is 0.188. The third-order valence-corrected chi connectivity index (χ3v) is 7.08. The molecule has 0 radical (unpaired) electrons. The molecule has 9 heteroatoms. The molecule has 2 N–H and O–H groups in total. The minimum Gasteiger partial charge on any atom is -0.482 e. The molecule has 2 aromatic carbocycles. The molecule has 3 aromatic rings. The largest absolute Gasteiger partial charge is 0.482 e. The van der Waals surface area contributed by atoms with Crippen molar-refractivity contribution in [2.45, 2.75) is 19.4 Å². The maximum atomic E-state index is 14.0. The van der Waals surface area contributed by atoms with Gasteiger partial charge in [-0.05, 0) is 42.8 Å². The molecule has 1 amide bonds. The molecule has 1 aliphatic heterocycles. The van der Waals surface area contributed by atoms with Crippen LogP contribution in [0, 0.1) is 18.2 Å². The van der Waals surface area contributed by atoms with E-state index in [1.807, 2.05) is 17.0 Å². The lowest BCUT2D eigenvalue weighted by Crippen LogP contribution is -2.48. The third kappa shape index (κ3) is 6.16. The molecule has 0 saturated carbocycles. The van der Waals surface area contributed by atoms with E-state index in [1.54, 1.807) is 31.3 Å². The van der Waals surface area contributed by atoms with Gasteiger partial charge in [0.05, 0.1) is 5.02 Å². The van der Waals surface area contributed by atoms with Crippen LogP contribution in [-0.2, 0) is 0 Å². The van der Waals surface area contributed by atoms with E-state index in [4.69, 9.17) is 40.1 Å². The van der Waals surface area contributed by atoms with Crippen LogP contribution in [0.25, 0.3) is 11.1 Å². The lowest BCUT2D eigenvalue weighted by molar-refractivity contribution is 0.0640. The van der Waals surface area contributed by atoms with Crippen molar-refractivity contribution in [2.24, 2.45) is 0 Å². The number of carbonyl (C=O) groups excluding carboxylic acids is 1. The lowest BCUT2D eigenvalue weighted by atomic mass is 10.0. The van der Waals surface area contributed by atoms with Crippen LogP contribution >= 0.6 is 23.2 Å². The average Bonchev–Trinajstić information content (AvgIpc) is 2.91. The van der Waals surface area contributed by atoms with Gasteiger partial charge < -0.3 is 15.4 Å². The number of nitrogens with zero attached hydrogens (tertiary/aromatic N) is 3. The standard InChI is InChI=1S/C28H27Cl2FN4O2/c1-3-4-11-34-12-14-35(15-13-34)28(36)20-7-5-19(6-8-20)21-16-24(27(32)33-17-21)37-18(2)25-22(29)9-10-23(31)26(25)30/h1,5-10,16-18H,4,11-15H2,2H3,(H2,32,33). The maximum absolute atomic E-state index is 14.0. The highest BCUT2D eigenvalue weighted by Crippen LogP contribution is 2.37. The van der Waals surface area contributed by atoms with Crippen molar-refractivity contribution in [2.75, 3.05) is 38.5 Å². The average molecular weight is 541 g/mol. The molecule has 0 aliphatic carbocycles. The normalized spacial score (nSPS) is 14.7. The number of terminal acetylenes is 1. The molecule has 1 aromatic heterocycles. The fourth-order valence-corrected chi connectivity index (χ4v) is 4.94. The number of pyridine rings is 1. The molecule has 192 valence electrons. The van der Waals surface area contributed by atoms with E-state index in [9.17, 15) is 9.18 Å². The van der Waals surface area contributed by atoms with Crippen molar-refractivity contribution < 1.29 is 13.9 Å². The number of amides is 1. The first-order valence-electron chi connectivity index (χ1n) is 11.9. The Balaban J connectivity index is 1.46. The summed E-state index contributed by atoms with van der Waals surface area (Å²) in [5.74, 6) is 2.55. The number of nitrogen functional groups attached to an aromatic ring is 1. The monoisotopic (exact) mass is 540 g/mol. The Morgan fingerprint density at radius 2 is 1.86 bits per heavy atom. The molecular weight excluding hydrogens is 514 g/mol. The summed E-state index contributed by atoms with van der Waals surface area (Å²) in [7, 11) is 0. The van der Waals surface area contributed by atoms with Gasteiger partial charge in [0.25, 0.3) is 5.91 Å². The van der Waals surface area contributed by atoms with E-state index < -0.39 is 11.9 Å². The fourth-order valence-electron chi connectivity index (χ4n) is 4.26. The zero-order chi connectivity index (χ0) is 26.5. The lowest BCUT2D eigenvalue weighted by Gasteiger charge is -2.34. The van der Waals surface area contributed by atoms with E-state index in [0.29, 0.717) is 36.4 Å². The van der Waals surface area contributed by atoms with Crippen LogP contribution in [-0.4, -0.2) is 53.4 Å². The van der Waals surface area contributed by atoms with Crippen molar-refractivity contribution in [3.63, 3.8) is 0 Å². The third-order valence-electron chi connectivity index (χ3n) is 6.37. The highest BCUT2D eigenvalue weighted by Gasteiger charge is 2.22. The zero-order valence-corrected chi connectivity index (χ0v) is 21.9. The summed E-state index contributed by atoms with van der Waals surface area (Å²) in [4.78, 5) is 21.4. The predicted octanol–water partition coefficient (Wildman–Crippen LogP) is 5.70. The molecule has 2 heterocycles. The Bertz CT molecular complexity index is 1320. The van der Waals surface area contributed by atoms with Gasteiger partial charge in [-0.2, -0.15) is 0 Å². The van der Waals surface area contributed by atoms with Gasteiger partial charge in [0, 0.05) is 67.1 Å². The van der Waals surface area contributed by atoms with Crippen molar-refractivity contribution in [1.29, 1.82) is 0 Å². The minimum atomic E-state index is -0.679. The number of hydrogen-bond acceptors (Lipinski definition) is 5. The van der Waals surface area contributed by atoms with Crippen molar-refractivity contribution in [1.82, 2.24) is 14.8 Å². The highest BCUT2D eigenvalue weighted by molar-refractivity contribution is 6.36. The second-order valence-electron chi connectivity index (χ2n) is 8.79.